The molecule has 1 atom stereocenters. The lowest BCUT2D eigenvalue weighted by Gasteiger charge is -2.10. The van der Waals surface area contributed by atoms with Gasteiger partial charge in [0.1, 0.15) is 5.78 Å². The van der Waals surface area contributed by atoms with Crippen LogP contribution in [-0.4, -0.2) is 11.6 Å². The van der Waals surface area contributed by atoms with Crippen LogP contribution < -0.4 is 0 Å². The van der Waals surface area contributed by atoms with Crippen molar-refractivity contribution in [3.63, 3.8) is 0 Å². The first-order chi connectivity index (χ1) is 8.21. The van der Waals surface area contributed by atoms with Gasteiger partial charge in [-0.05, 0) is 19.1 Å². The molecule has 0 saturated carbocycles. The lowest BCUT2D eigenvalue weighted by molar-refractivity contribution is -0.137. The van der Waals surface area contributed by atoms with Gasteiger partial charge in [0, 0.05) is 17.9 Å². The van der Waals surface area contributed by atoms with Gasteiger partial charge in [0.05, 0.1) is 5.56 Å². The predicted molar refractivity (Wildman–Crippen MR) is 60.2 cm³/mol. The molecule has 1 aromatic carbocycles. The van der Waals surface area contributed by atoms with E-state index in [0.717, 1.165) is 24.3 Å². The first-order valence-electron chi connectivity index (χ1n) is 5.42. The smallest absolute Gasteiger partial charge is 0.300 e. The molecule has 98 valence electrons. The number of rotatable bonds is 4. The Labute approximate surface area is 103 Å². The number of alkyl halides is 3. The van der Waals surface area contributed by atoms with E-state index < -0.39 is 17.7 Å². The number of ketones is 2. The molecule has 0 aliphatic rings. The normalized spacial score (nSPS) is 13.2. The van der Waals surface area contributed by atoms with Crippen molar-refractivity contribution in [3.8, 4) is 0 Å². The number of carbonyl (C=O) groups excluding carboxylic acids is 2. The van der Waals surface area contributed by atoms with E-state index in [-0.39, 0.29) is 23.6 Å². The SMILES string of the molecule is CC(=O)CC(C)C(=O)c1ccc(C(F)(F)F)cc1. The Balaban J connectivity index is 2.85. The minimum absolute atomic E-state index is 0.0971. The van der Waals surface area contributed by atoms with Crippen LogP contribution in [0.15, 0.2) is 24.3 Å². The van der Waals surface area contributed by atoms with Crippen molar-refractivity contribution in [2.24, 2.45) is 5.92 Å². The molecule has 2 nitrogen and oxygen atoms in total. The molecule has 0 aliphatic heterocycles. The van der Waals surface area contributed by atoms with Gasteiger partial charge < -0.3 is 4.79 Å². The maximum Gasteiger partial charge on any atom is 0.416 e. The van der Waals surface area contributed by atoms with E-state index in [4.69, 9.17) is 0 Å². The summed E-state index contributed by atoms with van der Waals surface area (Å²) in [5.41, 5.74) is -0.602. The van der Waals surface area contributed by atoms with Crippen molar-refractivity contribution in [1.29, 1.82) is 0 Å². The molecule has 0 saturated heterocycles. The largest absolute Gasteiger partial charge is 0.416 e. The van der Waals surface area contributed by atoms with Crippen LogP contribution in [0, 0.1) is 5.92 Å². The first-order valence-corrected chi connectivity index (χ1v) is 5.42. The molecule has 0 heterocycles. The van der Waals surface area contributed by atoms with Gasteiger partial charge in [-0.25, -0.2) is 0 Å². The summed E-state index contributed by atoms with van der Waals surface area (Å²) in [5, 5.41) is 0. The topological polar surface area (TPSA) is 34.1 Å². The highest BCUT2D eigenvalue weighted by Gasteiger charge is 2.30. The minimum Gasteiger partial charge on any atom is -0.300 e. The van der Waals surface area contributed by atoms with E-state index in [1.165, 1.54) is 6.92 Å². The maximum absolute atomic E-state index is 12.3. The summed E-state index contributed by atoms with van der Waals surface area (Å²) >= 11 is 0. The number of hydrogen-bond acceptors (Lipinski definition) is 2. The second-order valence-electron chi connectivity index (χ2n) is 4.25. The Morgan fingerprint density at radius 1 is 1.17 bits per heavy atom. The molecule has 0 amide bonds. The van der Waals surface area contributed by atoms with E-state index in [1.54, 1.807) is 6.92 Å². The summed E-state index contributed by atoms with van der Waals surface area (Å²) in [6.07, 6.45) is -4.31. The number of benzene rings is 1. The highest BCUT2D eigenvalue weighted by Crippen LogP contribution is 2.29. The van der Waals surface area contributed by atoms with Crippen molar-refractivity contribution >= 4 is 11.6 Å². The molecule has 0 N–H and O–H groups in total. The molecule has 0 aromatic heterocycles. The van der Waals surface area contributed by atoms with Crippen molar-refractivity contribution < 1.29 is 22.8 Å². The van der Waals surface area contributed by atoms with E-state index in [1.807, 2.05) is 0 Å². The molecule has 0 spiro atoms. The van der Waals surface area contributed by atoms with E-state index >= 15 is 0 Å². The van der Waals surface area contributed by atoms with Gasteiger partial charge >= 0.3 is 6.18 Å². The minimum atomic E-state index is -4.41. The standard InChI is InChI=1S/C13H13F3O2/c1-8(7-9(2)17)12(18)10-3-5-11(6-4-10)13(14,15)16/h3-6,8H,7H2,1-2H3. The van der Waals surface area contributed by atoms with Crippen LogP contribution in [0.5, 0.6) is 0 Å². The van der Waals surface area contributed by atoms with Crippen molar-refractivity contribution in [3.05, 3.63) is 35.4 Å². The molecule has 0 bridgehead atoms. The molecule has 0 aliphatic carbocycles. The Kier molecular flexibility index (Phi) is 4.27. The van der Waals surface area contributed by atoms with E-state index in [0.29, 0.717) is 0 Å². The second-order valence-corrected chi connectivity index (χ2v) is 4.25. The summed E-state index contributed by atoms with van der Waals surface area (Å²) in [7, 11) is 0. The summed E-state index contributed by atoms with van der Waals surface area (Å²) in [5.74, 6) is -0.957. The van der Waals surface area contributed by atoms with Gasteiger partial charge in [0.25, 0.3) is 0 Å². The van der Waals surface area contributed by atoms with E-state index in [9.17, 15) is 22.8 Å². The summed E-state index contributed by atoms with van der Waals surface area (Å²) in [6, 6.07) is 4.02. The molecular formula is C13H13F3O2. The van der Waals surface area contributed by atoms with Gasteiger partial charge in [-0.15, -0.1) is 0 Å². The van der Waals surface area contributed by atoms with Crippen LogP contribution in [-0.2, 0) is 11.0 Å². The third-order valence-corrected chi connectivity index (χ3v) is 2.54. The van der Waals surface area contributed by atoms with Crippen molar-refractivity contribution in [1.82, 2.24) is 0 Å². The van der Waals surface area contributed by atoms with Crippen molar-refractivity contribution in [2.45, 2.75) is 26.4 Å². The highest BCUT2D eigenvalue weighted by molar-refractivity contribution is 5.99. The van der Waals surface area contributed by atoms with Crippen LogP contribution in [0.1, 0.15) is 36.2 Å². The number of carbonyl (C=O) groups is 2. The monoisotopic (exact) mass is 258 g/mol. The Morgan fingerprint density at radius 3 is 2.06 bits per heavy atom. The zero-order valence-corrected chi connectivity index (χ0v) is 10.0. The maximum atomic E-state index is 12.3. The molecule has 0 radical (unpaired) electrons. The summed E-state index contributed by atoms with van der Waals surface area (Å²) in [4.78, 5) is 22.7. The number of hydrogen-bond donors (Lipinski definition) is 0. The molecule has 5 heteroatoms. The van der Waals surface area contributed by atoms with Gasteiger partial charge in [-0.3, -0.25) is 4.79 Å². The summed E-state index contributed by atoms with van der Waals surface area (Å²) < 4.78 is 37.0. The van der Waals surface area contributed by atoms with Crippen molar-refractivity contribution in [2.75, 3.05) is 0 Å². The van der Waals surface area contributed by atoms with Gasteiger partial charge in [0.2, 0.25) is 0 Å². The number of Topliss-reactive ketones (excluding diaryl/α,β-unsaturated/α-hetero) is 2. The lowest BCUT2D eigenvalue weighted by Crippen LogP contribution is -2.15. The lowest BCUT2D eigenvalue weighted by atomic mass is 9.94. The number of halogens is 3. The Hall–Kier alpha value is -1.65. The molecular weight excluding hydrogens is 245 g/mol. The molecule has 1 unspecified atom stereocenters. The quantitative estimate of drug-likeness (QED) is 0.774. The molecule has 1 aromatic rings. The fourth-order valence-electron chi connectivity index (χ4n) is 1.63. The molecule has 1 rings (SSSR count). The predicted octanol–water partition coefficient (Wildman–Crippen LogP) is 3.50. The van der Waals surface area contributed by atoms with Gasteiger partial charge in [-0.1, -0.05) is 19.1 Å². The third kappa shape index (κ3) is 3.68. The third-order valence-electron chi connectivity index (χ3n) is 2.54. The van der Waals surface area contributed by atoms with Crippen LogP contribution in [0.4, 0.5) is 13.2 Å². The molecule has 18 heavy (non-hydrogen) atoms. The Morgan fingerprint density at radius 2 is 1.67 bits per heavy atom. The fraction of sp³-hybridized carbons (Fsp3) is 0.385. The second kappa shape index (κ2) is 5.33. The fourth-order valence-corrected chi connectivity index (χ4v) is 1.63. The van der Waals surface area contributed by atoms with E-state index in [2.05, 4.69) is 0 Å². The Bertz CT molecular complexity index is 446. The average Bonchev–Trinajstić information content (AvgIpc) is 2.26. The highest BCUT2D eigenvalue weighted by atomic mass is 19.4. The van der Waals surface area contributed by atoms with Crippen LogP contribution in [0.2, 0.25) is 0 Å². The van der Waals surface area contributed by atoms with Crippen LogP contribution in [0.25, 0.3) is 0 Å². The van der Waals surface area contributed by atoms with Gasteiger partial charge in [0.15, 0.2) is 5.78 Å². The average molecular weight is 258 g/mol. The van der Waals surface area contributed by atoms with Gasteiger partial charge in [-0.2, -0.15) is 13.2 Å². The first kappa shape index (κ1) is 14.4. The summed E-state index contributed by atoms with van der Waals surface area (Å²) in [6.45, 7) is 2.96. The zero-order chi connectivity index (χ0) is 13.9. The molecule has 0 fully saturated rings. The van der Waals surface area contributed by atoms with Crippen LogP contribution in [0.3, 0.4) is 0 Å². The van der Waals surface area contributed by atoms with Crippen LogP contribution >= 0.6 is 0 Å². The zero-order valence-electron chi connectivity index (χ0n) is 10.0.